The molecule has 3 nitrogen and oxygen atoms in total. The third kappa shape index (κ3) is 3.57. The molecule has 1 aliphatic heterocycles. The van der Waals surface area contributed by atoms with Gasteiger partial charge in [0.15, 0.2) is 0 Å². The fraction of sp³-hybridized carbons (Fsp3) is 0.278. The van der Waals surface area contributed by atoms with Gasteiger partial charge >= 0.3 is 0 Å². The highest BCUT2D eigenvalue weighted by Gasteiger charge is 2.36. The number of carbonyl (C=O) groups is 1. The normalized spacial score (nSPS) is 19.9. The minimum atomic E-state index is -0.831. The van der Waals surface area contributed by atoms with Crippen LogP contribution in [0.4, 0.5) is 8.78 Å². The molecule has 0 radical (unpaired) electrons. The fourth-order valence-electron chi connectivity index (χ4n) is 3.19. The zero-order valence-electron chi connectivity index (χ0n) is 13.0. The van der Waals surface area contributed by atoms with E-state index in [4.69, 9.17) is 5.73 Å². The highest BCUT2D eigenvalue weighted by Crippen LogP contribution is 2.33. The Bertz CT molecular complexity index is 711. The summed E-state index contributed by atoms with van der Waals surface area (Å²) in [6.45, 7) is 1.42. The van der Waals surface area contributed by atoms with Crippen molar-refractivity contribution in [1.82, 2.24) is 4.90 Å². The summed E-state index contributed by atoms with van der Waals surface area (Å²) < 4.78 is 26.8. The fourth-order valence-corrected chi connectivity index (χ4v) is 3.19. The van der Waals surface area contributed by atoms with E-state index in [1.807, 2.05) is 30.3 Å². The molecular weight excluding hydrogens is 334 g/mol. The molecule has 128 valence electrons. The van der Waals surface area contributed by atoms with E-state index in [0.29, 0.717) is 19.6 Å². The van der Waals surface area contributed by atoms with Crippen LogP contribution in [0.15, 0.2) is 48.5 Å². The lowest BCUT2D eigenvalue weighted by atomic mass is 9.89. The Labute approximate surface area is 145 Å². The number of hydrogen-bond donors (Lipinski definition) is 1. The van der Waals surface area contributed by atoms with Gasteiger partial charge in [0.05, 0.1) is 5.56 Å². The van der Waals surface area contributed by atoms with Crippen molar-refractivity contribution in [2.24, 2.45) is 11.7 Å². The van der Waals surface area contributed by atoms with Crippen molar-refractivity contribution in [2.45, 2.75) is 5.92 Å². The monoisotopic (exact) mass is 352 g/mol. The topological polar surface area (TPSA) is 46.3 Å². The highest BCUT2D eigenvalue weighted by molar-refractivity contribution is 5.94. The minimum Gasteiger partial charge on any atom is -0.338 e. The lowest BCUT2D eigenvalue weighted by molar-refractivity contribution is 0.0781. The molecule has 0 aromatic heterocycles. The average Bonchev–Trinajstić information content (AvgIpc) is 2.99. The summed E-state index contributed by atoms with van der Waals surface area (Å²) in [5.74, 6) is -1.68. The van der Waals surface area contributed by atoms with E-state index in [9.17, 15) is 13.6 Å². The Hall–Kier alpha value is -1.98. The van der Waals surface area contributed by atoms with Gasteiger partial charge in [-0.2, -0.15) is 0 Å². The molecule has 1 saturated heterocycles. The number of halogens is 3. The van der Waals surface area contributed by atoms with Gasteiger partial charge in [0, 0.05) is 25.1 Å². The summed E-state index contributed by atoms with van der Waals surface area (Å²) in [5.41, 5.74) is 6.87. The molecule has 24 heavy (non-hydrogen) atoms. The van der Waals surface area contributed by atoms with Crippen molar-refractivity contribution in [3.63, 3.8) is 0 Å². The summed E-state index contributed by atoms with van der Waals surface area (Å²) in [6.07, 6.45) is 0. The first-order valence-corrected chi connectivity index (χ1v) is 7.59. The zero-order valence-corrected chi connectivity index (χ0v) is 13.8. The molecule has 0 spiro atoms. The summed E-state index contributed by atoms with van der Waals surface area (Å²) in [4.78, 5) is 14.1. The van der Waals surface area contributed by atoms with Crippen molar-refractivity contribution >= 4 is 18.3 Å². The molecule has 6 heteroatoms. The first kappa shape index (κ1) is 18.4. The van der Waals surface area contributed by atoms with E-state index in [0.717, 1.165) is 17.7 Å². The molecule has 1 amide bonds. The van der Waals surface area contributed by atoms with Gasteiger partial charge in [0.1, 0.15) is 11.6 Å². The van der Waals surface area contributed by atoms with Crippen molar-refractivity contribution in [3.05, 3.63) is 71.3 Å². The molecule has 1 fully saturated rings. The van der Waals surface area contributed by atoms with Crippen molar-refractivity contribution < 1.29 is 13.6 Å². The first-order valence-electron chi connectivity index (χ1n) is 7.59. The van der Waals surface area contributed by atoms with Gasteiger partial charge in [0.25, 0.3) is 5.91 Å². The van der Waals surface area contributed by atoms with Gasteiger partial charge in [-0.05, 0) is 30.2 Å². The number of likely N-dealkylation sites (tertiary alicyclic amines) is 1. The number of rotatable bonds is 3. The maximum absolute atomic E-state index is 13.8. The van der Waals surface area contributed by atoms with Crippen LogP contribution in [0.2, 0.25) is 0 Å². The summed E-state index contributed by atoms with van der Waals surface area (Å²) in [7, 11) is 0. The van der Waals surface area contributed by atoms with Crippen LogP contribution in [-0.2, 0) is 0 Å². The number of hydrogen-bond acceptors (Lipinski definition) is 2. The SMILES string of the molecule is Cl.NC[C@@H]1CN(C(=O)c2ccc(F)cc2F)C[C@H]1c1ccccc1. The van der Waals surface area contributed by atoms with Crippen LogP contribution in [-0.4, -0.2) is 30.4 Å². The number of amides is 1. The lowest BCUT2D eigenvalue weighted by Gasteiger charge is -2.17. The Balaban J connectivity index is 0.00000208. The zero-order chi connectivity index (χ0) is 16.4. The third-order valence-corrected chi connectivity index (χ3v) is 4.42. The number of carbonyl (C=O) groups excluding carboxylic acids is 1. The maximum Gasteiger partial charge on any atom is 0.256 e. The van der Waals surface area contributed by atoms with E-state index < -0.39 is 17.5 Å². The molecule has 0 saturated carbocycles. The van der Waals surface area contributed by atoms with E-state index in [1.54, 1.807) is 4.90 Å². The van der Waals surface area contributed by atoms with Crippen molar-refractivity contribution in [3.8, 4) is 0 Å². The van der Waals surface area contributed by atoms with E-state index in [-0.39, 0.29) is 29.8 Å². The molecule has 0 bridgehead atoms. The Kier molecular flexibility index (Phi) is 5.91. The lowest BCUT2D eigenvalue weighted by Crippen LogP contribution is -2.30. The van der Waals surface area contributed by atoms with Gasteiger partial charge < -0.3 is 10.6 Å². The summed E-state index contributed by atoms with van der Waals surface area (Å²) >= 11 is 0. The minimum absolute atomic E-state index is 0. The van der Waals surface area contributed by atoms with Gasteiger partial charge in [0.2, 0.25) is 0 Å². The van der Waals surface area contributed by atoms with Crippen molar-refractivity contribution in [2.75, 3.05) is 19.6 Å². The van der Waals surface area contributed by atoms with E-state index in [2.05, 4.69) is 0 Å². The van der Waals surface area contributed by atoms with Gasteiger partial charge in [-0.1, -0.05) is 30.3 Å². The van der Waals surface area contributed by atoms with E-state index in [1.165, 1.54) is 6.07 Å². The van der Waals surface area contributed by atoms with Crippen LogP contribution < -0.4 is 5.73 Å². The van der Waals surface area contributed by atoms with Gasteiger partial charge in [-0.3, -0.25) is 4.79 Å². The number of nitrogens with two attached hydrogens (primary N) is 1. The van der Waals surface area contributed by atoms with Crippen LogP contribution in [0.1, 0.15) is 21.8 Å². The molecular formula is C18H19ClF2N2O. The second-order valence-electron chi connectivity index (χ2n) is 5.85. The Morgan fingerprint density at radius 2 is 1.83 bits per heavy atom. The smallest absolute Gasteiger partial charge is 0.256 e. The second-order valence-corrected chi connectivity index (χ2v) is 5.85. The first-order chi connectivity index (χ1) is 11.1. The molecule has 1 aliphatic rings. The number of benzene rings is 2. The average molecular weight is 353 g/mol. The molecule has 2 aromatic rings. The maximum atomic E-state index is 13.8. The molecule has 3 rings (SSSR count). The van der Waals surface area contributed by atoms with Crippen molar-refractivity contribution in [1.29, 1.82) is 0 Å². The quantitative estimate of drug-likeness (QED) is 0.922. The van der Waals surface area contributed by atoms with Gasteiger partial charge in [-0.15, -0.1) is 12.4 Å². The van der Waals surface area contributed by atoms with E-state index >= 15 is 0 Å². The summed E-state index contributed by atoms with van der Waals surface area (Å²) in [5, 5.41) is 0. The standard InChI is InChI=1S/C18H18F2N2O.ClH/c19-14-6-7-15(17(20)8-14)18(23)22-10-13(9-21)16(11-22)12-4-2-1-3-5-12;/h1-8,13,16H,9-11,21H2;1H/t13-,16+;/m1./s1. The molecule has 1 heterocycles. The largest absolute Gasteiger partial charge is 0.338 e. The Morgan fingerprint density at radius 3 is 2.46 bits per heavy atom. The van der Waals surface area contributed by atoms with Crippen LogP contribution in [0.5, 0.6) is 0 Å². The molecule has 2 N–H and O–H groups in total. The highest BCUT2D eigenvalue weighted by atomic mass is 35.5. The van der Waals surface area contributed by atoms with Gasteiger partial charge in [-0.25, -0.2) is 8.78 Å². The van der Waals surface area contributed by atoms with Crippen LogP contribution in [0.25, 0.3) is 0 Å². The molecule has 0 unspecified atom stereocenters. The third-order valence-electron chi connectivity index (χ3n) is 4.42. The summed E-state index contributed by atoms with van der Waals surface area (Å²) in [6, 6.07) is 12.9. The predicted octanol–water partition coefficient (Wildman–Crippen LogP) is 3.20. The Morgan fingerprint density at radius 1 is 1.12 bits per heavy atom. The second kappa shape index (κ2) is 7.73. The predicted molar refractivity (Wildman–Crippen MR) is 91.2 cm³/mol. The van der Waals surface area contributed by atoms with Crippen LogP contribution in [0, 0.1) is 17.6 Å². The van der Waals surface area contributed by atoms with Crippen LogP contribution in [0.3, 0.4) is 0 Å². The molecule has 2 atom stereocenters. The number of nitrogens with zero attached hydrogens (tertiary/aromatic N) is 1. The van der Waals surface area contributed by atoms with Crippen LogP contribution >= 0.6 is 12.4 Å². The molecule has 2 aromatic carbocycles. The molecule has 0 aliphatic carbocycles.